The van der Waals surface area contributed by atoms with Crippen molar-refractivity contribution in [2.45, 2.75) is 111 Å². The van der Waals surface area contributed by atoms with Gasteiger partial charge in [0.1, 0.15) is 6.10 Å². The fourth-order valence-corrected chi connectivity index (χ4v) is 9.69. The van der Waals surface area contributed by atoms with E-state index in [1.807, 2.05) is 0 Å². The lowest BCUT2D eigenvalue weighted by Gasteiger charge is -2.58. The second-order valence-electron chi connectivity index (χ2n) is 14.4. The van der Waals surface area contributed by atoms with Gasteiger partial charge in [-0.2, -0.15) is 0 Å². The van der Waals surface area contributed by atoms with E-state index in [4.69, 9.17) is 4.74 Å². The van der Waals surface area contributed by atoms with Gasteiger partial charge in [-0.25, -0.2) is 4.79 Å². The van der Waals surface area contributed by atoms with Crippen LogP contribution in [0.4, 0.5) is 0 Å². The largest absolute Gasteiger partial charge is 0.504 e. The lowest BCUT2D eigenvalue weighted by molar-refractivity contribution is -0.0594. The number of carbonyl (C=O) groups is 1. The van der Waals surface area contributed by atoms with E-state index in [0.717, 1.165) is 67.4 Å². The van der Waals surface area contributed by atoms with E-state index in [9.17, 15) is 20.1 Å². The first-order valence-electron chi connectivity index (χ1n) is 15.6. The molecule has 0 aromatic heterocycles. The van der Waals surface area contributed by atoms with Gasteiger partial charge in [-0.05, 0) is 103 Å². The minimum absolute atomic E-state index is 0.0506. The average molecular weight is 539 g/mol. The normalized spacial score (nSPS) is 36.5. The number of allylic oxidation sites excluding steroid dienone is 1. The van der Waals surface area contributed by atoms with E-state index >= 15 is 0 Å². The Morgan fingerprint density at radius 2 is 1.69 bits per heavy atom. The highest BCUT2D eigenvalue weighted by atomic mass is 16.5. The Balaban J connectivity index is 1.25. The topological polar surface area (TPSA) is 87.0 Å². The minimum atomic E-state index is -0.625. The van der Waals surface area contributed by atoms with Crippen LogP contribution in [0.15, 0.2) is 23.8 Å². The maximum atomic E-state index is 12.8. The maximum Gasteiger partial charge on any atom is 0.338 e. The number of ether oxygens (including phenoxy) is 1. The molecule has 4 aliphatic rings. The van der Waals surface area contributed by atoms with Gasteiger partial charge in [0.2, 0.25) is 0 Å². The monoisotopic (exact) mass is 538 g/mol. The zero-order valence-corrected chi connectivity index (χ0v) is 24.7. The molecule has 0 spiro atoms. The summed E-state index contributed by atoms with van der Waals surface area (Å²) in [6, 6.07) is 2.29. The number of rotatable bonds is 7. The number of hydrogen-bond acceptors (Lipinski definition) is 5. The van der Waals surface area contributed by atoms with Crippen molar-refractivity contribution in [3.05, 3.63) is 29.3 Å². The summed E-state index contributed by atoms with van der Waals surface area (Å²) in [5.41, 5.74) is 2.18. The quantitative estimate of drug-likeness (QED) is 0.184. The van der Waals surface area contributed by atoms with Crippen LogP contribution in [0.3, 0.4) is 0 Å². The number of phenols is 3. The summed E-state index contributed by atoms with van der Waals surface area (Å²) in [7, 11) is 0. The molecule has 0 bridgehead atoms. The highest BCUT2D eigenvalue weighted by Crippen LogP contribution is 2.67. The van der Waals surface area contributed by atoms with Crippen LogP contribution in [-0.2, 0) is 4.74 Å². The van der Waals surface area contributed by atoms with Gasteiger partial charge < -0.3 is 20.1 Å². The molecule has 5 rings (SSSR count). The molecule has 3 N–H and O–H groups in total. The molecule has 0 heterocycles. The Morgan fingerprint density at radius 3 is 2.38 bits per heavy atom. The fraction of sp³-hybridized carbons (Fsp3) is 0.735. The van der Waals surface area contributed by atoms with Crippen LogP contribution in [0, 0.1) is 46.3 Å². The van der Waals surface area contributed by atoms with Gasteiger partial charge in [-0.1, -0.05) is 65.5 Å². The van der Waals surface area contributed by atoms with Gasteiger partial charge in [0.25, 0.3) is 0 Å². The van der Waals surface area contributed by atoms with Crippen LogP contribution in [0.1, 0.15) is 116 Å². The van der Waals surface area contributed by atoms with Crippen molar-refractivity contribution in [3.8, 4) is 17.2 Å². The number of phenolic OH excluding ortho intramolecular Hbond substituents is 3. The van der Waals surface area contributed by atoms with Gasteiger partial charge in [-0.3, -0.25) is 0 Å². The molecule has 1 aromatic rings. The lowest BCUT2D eigenvalue weighted by Crippen LogP contribution is -2.51. The molecule has 39 heavy (non-hydrogen) atoms. The summed E-state index contributed by atoms with van der Waals surface area (Å²) in [5, 5.41) is 29.2. The number of fused-ring (bicyclic) bond motifs is 5. The zero-order chi connectivity index (χ0) is 28.1. The molecule has 1 aromatic carbocycles. The molecule has 3 fully saturated rings. The number of hydrogen-bond donors (Lipinski definition) is 3. The maximum absolute atomic E-state index is 12.8. The third kappa shape index (κ3) is 5.08. The Labute approximate surface area is 235 Å². The van der Waals surface area contributed by atoms with Gasteiger partial charge in [0.15, 0.2) is 17.2 Å². The van der Waals surface area contributed by atoms with E-state index < -0.39 is 23.2 Å². The van der Waals surface area contributed by atoms with Gasteiger partial charge in [0.05, 0.1) is 5.56 Å². The third-order valence-corrected chi connectivity index (χ3v) is 11.8. The van der Waals surface area contributed by atoms with E-state index in [2.05, 4.69) is 40.7 Å². The summed E-state index contributed by atoms with van der Waals surface area (Å²) < 4.78 is 5.85. The van der Waals surface area contributed by atoms with Crippen molar-refractivity contribution in [2.75, 3.05) is 0 Å². The third-order valence-electron chi connectivity index (χ3n) is 11.8. The van der Waals surface area contributed by atoms with E-state index in [1.165, 1.54) is 50.5 Å². The summed E-state index contributed by atoms with van der Waals surface area (Å²) in [6.45, 7) is 12.3. The number of esters is 1. The molecular weight excluding hydrogens is 488 g/mol. The summed E-state index contributed by atoms with van der Waals surface area (Å²) in [6.07, 6.45) is 15.6. The first kappa shape index (κ1) is 28.4. The molecule has 0 amide bonds. The van der Waals surface area contributed by atoms with E-state index in [1.54, 1.807) is 0 Å². The highest BCUT2D eigenvalue weighted by molar-refractivity contribution is 5.91. The first-order chi connectivity index (χ1) is 18.4. The molecule has 0 aliphatic heterocycles. The molecular formula is C34H50O5. The van der Waals surface area contributed by atoms with Crippen LogP contribution >= 0.6 is 0 Å². The second kappa shape index (κ2) is 10.7. The second-order valence-corrected chi connectivity index (χ2v) is 14.4. The van der Waals surface area contributed by atoms with Crippen LogP contribution < -0.4 is 0 Å². The van der Waals surface area contributed by atoms with Crippen molar-refractivity contribution >= 4 is 5.97 Å². The van der Waals surface area contributed by atoms with E-state index in [0.29, 0.717) is 11.3 Å². The smallest absolute Gasteiger partial charge is 0.338 e. The predicted molar refractivity (Wildman–Crippen MR) is 154 cm³/mol. The van der Waals surface area contributed by atoms with Crippen molar-refractivity contribution in [3.63, 3.8) is 0 Å². The van der Waals surface area contributed by atoms with Crippen LogP contribution in [0.5, 0.6) is 17.2 Å². The van der Waals surface area contributed by atoms with Gasteiger partial charge >= 0.3 is 5.97 Å². The van der Waals surface area contributed by atoms with Crippen LogP contribution in [-0.4, -0.2) is 27.4 Å². The summed E-state index contributed by atoms with van der Waals surface area (Å²) in [5.74, 6) is 2.55. The number of aromatic hydroxyl groups is 3. The molecule has 216 valence electrons. The summed E-state index contributed by atoms with van der Waals surface area (Å²) >= 11 is 0. The van der Waals surface area contributed by atoms with Crippen molar-refractivity contribution in [2.24, 2.45) is 46.3 Å². The average Bonchev–Trinajstić information content (AvgIpc) is 3.24. The SMILES string of the molecule is CC(C)CCCC(C)C1CCC2C3CC=C4CC(OC(=O)c5cc(O)c(O)c(O)c5)CCC4(C)C3CCC12C. The number of carbonyl (C=O) groups excluding carboxylic acids is 1. The summed E-state index contributed by atoms with van der Waals surface area (Å²) in [4.78, 5) is 12.8. The molecule has 4 aliphatic carbocycles. The fourth-order valence-electron chi connectivity index (χ4n) is 9.69. The standard InChI is InChI=1S/C34H50O5/c1-20(2)7-6-8-21(3)26-11-12-27-25-10-9-23-19-24(13-15-33(23,4)28(25)14-16-34(26,27)5)39-32(38)22-17-29(35)31(37)30(36)18-22/h9,17-18,20-21,24-28,35-37H,6-8,10-16,19H2,1-5H3. The first-order valence-corrected chi connectivity index (χ1v) is 15.6. The Hall–Kier alpha value is -2.17. The van der Waals surface area contributed by atoms with Crippen molar-refractivity contribution in [1.29, 1.82) is 0 Å². The molecule has 8 atom stereocenters. The zero-order valence-electron chi connectivity index (χ0n) is 24.7. The predicted octanol–water partition coefficient (Wildman–Crippen LogP) is 8.37. The molecule has 3 saturated carbocycles. The lowest BCUT2D eigenvalue weighted by atomic mass is 9.47. The van der Waals surface area contributed by atoms with Gasteiger partial charge in [0, 0.05) is 6.42 Å². The highest BCUT2D eigenvalue weighted by Gasteiger charge is 2.59. The van der Waals surface area contributed by atoms with Crippen LogP contribution in [0.25, 0.3) is 0 Å². The minimum Gasteiger partial charge on any atom is -0.504 e. The Morgan fingerprint density at radius 1 is 0.974 bits per heavy atom. The molecule has 5 nitrogen and oxygen atoms in total. The molecule has 8 unspecified atom stereocenters. The van der Waals surface area contributed by atoms with Crippen LogP contribution in [0.2, 0.25) is 0 Å². The Bertz CT molecular complexity index is 1080. The van der Waals surface area contributed by atoms with Crippen molar-refractivity contribution in [1.82, 2.24) is 0 Å². The van der Waals surface area contributed by atoms with Gasteiger partial charge in [-0.15, -0.1) is 0 Å². The number of benzene rings is 1. The van der Waals surface area contributed by atoms with E-state index in [-0.39, 0.29) is 17.1 Å². The molecule has 5 heteroatoms. The molecule has 0 saturated heterocycles. The van der Waals surface area contributed by atoms with Crippen molar-refractivity contribution < 1.29 is 24.9 Å². The Kier molecular flexibility index (Phi) is 7.76. The molecule has 0 radical (unpaired) electrons.